The molecule has 0 aliphatic heterocycles. The molecule has 0 saturated carbocycles. The summed E-state index contributed by atoms with van der Waals surface area (Å²) in [5, 5.41) is -0.973. The van der Waals surface area contributed by atoms with E-state index in [4.69, 9.17) is 11.6 Å². The molecule has 1 rings (SSSR count). The van der Waals surface area contributed by atoms with E-state index in [0.29, 0.717) is 5.56 Å². The van der Waals surface area contributed by atoms with Gasteiger partial charge in [-0.1, -0.05) is 24.3 Å². The zero-order chi connectivity index (χ0) is 11.4. The summed E-state index contributed by atoms with van der Waals surface area (Å²) in [7, 11) is 1.15. The number of Topliss-reactive ketones (excluding diaryl/α,β-unsaturated/α-hetero) is 1. The molecule has 0 heterocycles. The number of hydrogen-bond acceptors (Lipinski definition) is 3. The normalized spacial score (nSPS) is 11.9. The van der Waals surface area contributed by atoms with E-state index in [0.717, 1.165) is 12.7 Å². The number of rotatable bonds is 3. The highest BCUT2D eigenvalue weighted by atomic mass is 35.5. The van der Waals surface area contributed by atoms with E-state index in [-0.39, 0.29) is 0 Å². The number of alkyl halides is 1. The Morgan fingerprint density at radius 2 is 1.93 bits per heavy atom. The molecule has 0 N–H and O–H groups in total. The quantitative estimate of drug-likeness (QED) is 0.450. The van der Waals surface area contributed by atoms with E-state index in [1.54, 1.807) is 12.1 Å². The molecule has 4 heteroatoms. The molecule has 1 aromatic rings. The minimum atomic E-state index is -0.973. The molecule has 1 atom stereocenters. The maximum atomic E-state index is 11.4. The summed E-state index contributed by atoms with van der Waals surface area (Å²) in [6.45, 7) is 1.83. The van der Waals surface area contributed by atoms with Crippen molar-refractivity contribution in [2.24, 2.45) is 0 Å². The zero-order valence-corrected chi connectivity index (χ0v) is 9.25. The van der Waals surface area contributed by atoms with Crippen LogP contribution in [0.2, 0.25) is 0 Å². The highest BCUT2D eigenvalue weighted by Crippen LogP contribution is 2.24. The first kappa shape index (κ1) is 11.7. The van der Waals surface area contributed by atoms with Crippen LogP contribution >= 0.6 is 11.6 Å². The van der Waals surface area contributed by atoms with Crippen LogP contribution < -0.4 is 0 Å². The number of ketones is 1. The second-order valence-corrected chi connectivity index (χ2v) is 3.51. The third kappa shape index (κ3) is 2.57. The molecule has 0 bridgehead atoms. The van der Waals surface area contributed by atoms with Crippen molar-refractivity contribution in [2.75, 3.05) is 7.11 Å². The Morgan fingerprint density at radius 1 is 1.33 bits per heavy atom. The first-order chi connectivity index (χ1) is 7.07. The van der Waals surface area contributed by atoms with Gasteiger partial charge < -0.3 is 4.74 Å². The lowest BCUT2D eigenvalue weighted by atomic mass is 10.0. The number of benzene rings is 1. The molecule has 0 saturated heterocycles. The Balaban J connectivity index is 2.95. The lowest BCUT2D eigenvalue weighted by Crippen LogP contribution is -2.20. The minimum Gasteiger partial charge on any atom is -0.463 e. The van der Waals surface area contributed by atoms with Crippen molar-refractivity contribution >= 4 is 23.4 Å². The first-order valence-corrected chi connectivity index (χ1v) is 4.83. The van der Waals surface area contributed by atoms with Gasteiger partial charge in [0.25, 0.3) is 5.78 Å². The number of esters is 1. The molecule has 0 fully saturated rings. The predicted octanol–water partition coefficient (Wildman–Crippen LogP) is 2.02. The maximum absolute atomic E-state index is 11.4. The van der Waals surface area contributed by atoms with Crippen LogP contribution in [0.25, 0.3) is 0 Å². The van der Waals surface area contributed by atoms with Gasteiger partial charge in [0.05, 0.1) is 7.11 Å². The van der Waals surface area contributed by atoms with Crippen LogP contribution in [0.5, 0.6) is 0 Å². The van der Waals surface area contributed by atoms with E-state index < -0.39 is 17.1 Å². The number of carbonyl (C=O) groups is 2. The van der Waals surface area contributed by atoms with Gasteiger partial charge in [-0.3, -0.25) is 4.79 Å². The molecule has 80 valence electrons. The Hall–Kier alpha value is -1.35. The summed E-state index contributed by atoms with van der Waals surface area (Å²) < 4.78 is 4.32. The van der Waals surface area contributed by atoms with Crippen molar-refractivity contribution in [1.82, 2.24) is 0 Å². The molecule has 1 aromatic carbocycles. The van der Waals surface area contributed by atoms with Crippen LogP contribution in [0.15, 0.2) is 24.3 Å². The van der Waals surface area contributed by atoms with Crippen LogP contribution in [-0.2, 0) is 14.3 Å². The molecule has 0 unspecified atom stereocenters. The van der Waals surface area contributed by atoms with Gasteiger partial charge in [-0.05, 0) is 18.1 Å². The van der Waals surface area contributed by atoms with Crippen molar-refractivity contribution in [3.63, 3.8) is 0 Å². The SMILES string of the molecule is COC(=O)C(=O)[C@@H](Cl)c1ccccc1C. The molecule has 0 aliphatic rings. The van der Waals surface area contributed by atoms with Gasteiger partial charge in [-0.15, -0.1) is 11.6 Å². The van der Waals surface area contributed by atoms with Gasteiger partial charge in [0.2, 0.25) is 0 Å². The minimum absolute atomic E-state index is 0.634. The Bertz CT molecular complexity index is 387. The van der Waals surface area contributed by atoms with E-state index in [1.165, 1.54) is 0 Å². The third-order valence-corrected chi connectivity index (χ3v) is 2.51. The fourth-order valence-electron chi connectivity index (χ4n) is 1.22. The van der Waals surface area contributed by atoms with Gasteiger partial charge in [-0.25, -0.2) is 4.79 Å². The monoisotopic (exact) mass is 226 g/mol. The summed E-state index contributed by atoms with van der Waals surface area (Å²) in [5.41, 5.74) is 1.50. The summed E-state index contributed by atoms with van der Waals surface area (Å²) in [4.78, 5) is 22.4. The zero-order valence-electron chi connectivity index (χ0n) is 8.49. The van der Waals surface area contributed by atoms with E-state index >= 15 is 0 Å². The van der Waals surface area contributed by atoms with Crippen molar-refractivity contribution < 1.29 is 14.3 Å². The summed E-state index contributed by atoms with van der Waals surface area (Å²) in [6, 6.07) is 7.15. The Labute approximate surface area is 93.0 Å². The standard InChI is InChI=1S/C11H11ClO3/c1-7-5-3-4-6-8(7)9(12)10(13)11(14)15-2/h3-6,9H,1-2H3/t9-/m0/s1. The fourth-order valence-corrected chi connectivity index (χ4v) is 1.55. The molecule has 0 amide bonds. The number of ether oxygens (including phenoxy) is 1. The molecule has 3 nitrogen and oxygen atoms in total. The molecule has 15 heavy (non-hydrogen) atoms. The second kappa shape index (κ2) is 4.94. The molecule has 0 radical (unpaired) electrons. The molecule has 0 spiro atoms. The molecular formula is C11H11ClO3. The van der Waals surface area contributed by atoms with Gasteiger partial charge >= 0.3 is 5.97 Å². The molecule has 0 aliphatic carbocycles. The largest absolute Gasteiger partial charge is 0.463 e. The number of hydrogen-bond donors (Lipinski definition) is 0. The molecule has 0 aromatic heterocycles. The first-order valence-electron chi connectivity index (χ1n) is 4.39. The van der Waals surface area contributed by atoms with Crippen LogP contribution in [0.4, 0.5) is 0 Å². The Kier molecular flexibility index (Phi) is 3.86. The van der Waals surface area contributed by atoms with Crippen molar-refractivity contribution in [3.8, 4) is 0 Å². The predicted molar refractivity (Wildman–Crippen MR) is 56.8 cm³/mol. The van der Waals surface area contributed by atoms with Crippen molar-refractivity contribution in [3.05, 3.63) is 35.4 Å². The van der Waals surface area contributed by atoms with Gasteiger partial charge in [0, 0.05) is 0 Å². The second-order valence-electron chi connectivity index (χ2n) is 3.07. The average molecular weight is 227 g/mol. The van der Waals surface area contributed by atoms with Crippen LogP contribution in [0, 0.1) is 6.92 Å². The van der Waals surface area contributed by atoms with Crippen molar-refractivity contribution in [1.29, 1.82) is 0 Å². The van der Waals surface area contributed by atoms with Crippen LogP contribution in [0.3, 0.4) is 0 Å². The number of carbonyl (C=O) groups excluding carboxylic acids is 2. The van der Waals surface area contributed by atoms with E-state index in [9.17, 15) is 9.59 Å². The Morgan fingerprint density at radius 3 is 2.47 bits per heavy atom. The lowest BCUT2D eigenvalue weighted by Gasteiger charge is -2.09. The van der Waals surface area contributed by atoms with Crippen LogP contribution in [-0.4, -0.2) is 18.9 Å². The van der Waals surface area contributed by atoms with Crippen molar-refractivity contribution in [2.45, 2.75) is 12.3 Å². The van der Waals surface area contributed by atoms with Crippen LogP contribution in [0.1, 0.15) is 16.5 Å². The summed E-state index contributed by atoms with van der Waals surface area (Å²) in [6.07, 6.45) is 0. The molecular weight excluding hydrogens is 216 g/mol. The topological polar surface area (TPSA) is 43.4 Å². The van der Waals surface area contributed by atoms with E-state index in [2.05, 4.69) is 4.74 Å². The van der Waals surface area contributed by atoms with E-state index in [1.807, 2.05) is 19.1 Å². The highest BCUT2D eigenvalue weighted by molar-refractivity contribution is 6.47. The highest BCUT2D eigenvalue weighted by Gasteiger charge is 2.26. The average Bonchev–Trinajstić information content (AvgIpc) is 2.26. The van der Waals surface area contributed by atoms with Gasteiger partial charge in [0.15, 0.2) is 0 Å². The summed E-state index contributed by atoms with van der Waals surface area (Å²) in [5.74, 6) is -1.66. The number of halogens is 1. The number of aryl methyl sites for hydroxylation is 1. The third-order valence-electron chi connectivity index (χ3n) is 2.08. The number of methoxy groups -OCH3 is 1. The lowest BCUT2D eigenvalue weighted by molar-refractivity contribution is -0.151. The van der Waals surface area contributed by atoms with Gasteiger partial charge in [-0.2, -0.15) is 0 Å². The van der Waals surface area contributed by atoms with Gasteiger partial charge in [0.1, 0.15) is 5.38 Å². The fraction of sp³-hybridized carbons (Fsp3) is 0.273. The summed E-state index contributed by atoms with van der Waals surface area (Å²) >= 11 is 5.89. The smallest absolute Gasteiger partial charge is 0.376 e. The maximum Gasteiger partial charge on any atom is 0.376 e.